The van der Waals surface area contributed by atoms with Crippen molar-refractivity contribution in [3.8, 4) is 0 Å². The Morgan fingerprint density at radius 2 is 1.88 bits per heavy atom. The van der Waals surface area contributed by atoms with Gasteiger partial charge in [0.15, 0.2) is 5.76 Å². The second kappa shape index (κ2) is 7.64. The molecule has 0 radical (unpaired) electrons. The summed E-state index contributed by atoms with van der Waals surface area (Å²) in [5, 5.41) is 13.7. The SMILES string of the molecule is C=C(O)C(=O)/C=C/c1ccc(CNCc2c[nH]c3ccccc23)cc1. The molecular formula is C21H20N2O2. The second-order valence-electron chi connectivity index (χ2n) is 5.85. The van der Waals surface area contributed by atoms with Gasteiger partial charge in [0.25, 0.3) is 0 Å². The molecule has 0 unspecified atom stereocenters. The Labute approximate surface area is 146 Å². The lowest BCUT2D eigenvalue weighted by Gasteiger charge is -2.05. The third kappa shape index (κ3) is 4.25. The van der Waals surface area contributed by atoms with Crippen molar-refractivity contribution in [1.82, 2.24) is 10.3 Å². The topological polar surface area (TPSA) is 65.1 Å². The van der Waals surface area contributed by atoms with Crippen LogP contribution >= 0.6 is 0 Å². The number of carbonyl (C=O) groups is 1. The lowest BCUT2D eigenvalue weighted by Crippen LogP contribution is -2.12. The van der Waals surface area contributed by atoms with E-state index < -0.39 is 11.5 Å². The monoisotopic (exact) mass is 332 g/mol. The van der Waals surface area contributed by atoms with E-state index in [1.54, 1.807) is 6.08 Å². The molecule has 25 heavy (non-hydrogen) atoms. The van der Waals surface area contributed by atoms with Crippen LogP contribution in [0.3, 0.4) is 0 Å². The lowest BCUT2D eigenvalue weighted by atomic mass is 10.1. The third-order valence-corrected chi connectivity index (χ3v) is 4.01. The number of aromatic nitrogens is 1. The van der Waals surface area contributed by atoms with Crippen LogP contribution < -0.4 is 5.32 Å². The maximum absolute atomic E-state index is 11.3. The molecule has 1 aromatic heterocycles. The van der Waals surface area contributed by atoms with Crippen molar-refractivity contribution in [2.24, 2.45) is 0 Å². The Hall–Kier alpha value is -3.11. The molecule has 0 aliphatic heterocycles. The highest BCUT2D eigenvalue weighted by Gasteiger charge is 2.02. The summed E-state index contributed by atoms with van der Waals surface area (Å²) >= 11 is 0. The molecule has 0 atom stereocenters. The van der Waals surface area contributed by atoms with Gasteiger partial charge in [0, 0.05) is 30.2 Å². The van der Waals surface area contributed by atoms with Crippen molar-refractivity contribution in [3.63, 3.8) is 0 Å². The predicted octanol–water partition coefficient (Wildman–Crippen LogP) is 4.11. The van der Waals surface area contributed by atoms with Crippen LogP contribution in [-0.2, 0) is 17.9 Å². The Balaban J connectivity index is 1.55. The quantitative estimate of drug-likeness (QED) is 0.450. The van der Waals surface area contributed by atoms with Crippen molar-refractivity contribution in [2.45, 2.75) is 13.1 Å². The van der Waals surface area contributed by atoms with Crippen molar-refractivity contribution >= 4 is 22.8 Å². The average Bonchev–Trinajstić information content (AvgIpc) is 3.04. The van der Waals surface area contributed by atoms with Crippen molar-refractivity contribution < 1.29 is 9.90 Å². The number of benzene rings is 2. The van der Waals surface area contributed by atoms with Gasteiger partial charge in [-0.05, 0) is 28.8 Å². The van der Waals surface area contributed by atoms with Gasteiger partial charge in [-0.15, -0.1) is 0 Å². The highest BCUT2D eigenvalue weighted by Crippen LogP contribution is 2.17. The number of aliphatic hydroxyl groups is 1. The predicted molar refractivity (Wildman–Crippen MR) is 101 cm³/mol. The van der Waals surface area contributed by atoms with Crippen LogP contribution in [-0.4, -0.2) is 15.9 Å². The minimum Gasteiger partial charge on any atom is -0.505 e. The van der Waals surface area contributed by atoms with Crippen molar-refractivity contribution in [3.05, 3.63) is 89.8 Å². The lowest BCUT2D eigenvalue weighted by molar-refractivity contribution is -0.113. The van der Waals surface area contributed by atoms with Crippen LogP contribution in [0.2, 0.25) is 0 Å². The fourth-order valence-corrected chi connectivity index (χ4v) is 2.63. The summed E-state index contributed by atoms with van der Waals surface area (Å²) in [5.74, 6) is -0.932. The smallest absolute Gasteiger partial charge is 0.219 e. The van der Waals surface area contributed by atoms with Crippen LogP contribution in [0.4, 0.5) is 0 Å². The van der Waals surface area contributed by atoms with Gasteiger partial charge in [-0.2, -0.15) is 0 Å². The summed E-state index contributed by atoms with van der Waals surface area (Å²) in [6, 6.07) is 16.2. The summed E-state index contributed by atoms with van der Waals surface area (Å²) in [6.45, 7) is 4.75. The molecule has 0 aliphatic carbocycles. The van der Waals surface area contributed by atoms with E-state index in [1.807, 2.05) is 42.6 Å². The van der Waals surface area contributed by atoms with Crippen LogP contribution in [0.25, 0.3) is 17.0 Å². The third-order valence-electron chi connectivity index (χ3n) is 4.01. The van der Waals surface area contributed by atoms with Gasteiger partial charge in [-0.3, -0.25) is 4.79 Å². The molecule has 0 saturated carbocycles. The minimum atomic E-state index is -0.482. The molecule has 0 fully saturated rings. The molecule has 4 nitrogen and oxygen atoms in total. The number of rotatable bonds is 7. The van der Waals surface area contributed by atoms with Gasteiger partial charge in [-0.25, -0.2) is 0 Å². The first kappa shape index (κ1) is 16.7. The van der Waals surface area contributed by atoms with E-state index in [0.29, 0.717) is 0 Å². The maximum Gasteiger partial charge on any atom is 0.219 e. The van der Waals surface area contributed by atoms with E-state index in [2.05, 4.69) is 29.0 Å². The molecule has 2 aromatic carbocycles. The van der Waals surface area contributed by atoms with E-state index >= 15 is 0 Å². The Bertz CT molecular complexity index is 920. The number of aliphatic hydroxyl groups excluding tert-OH is 1. The zero-order valence-corrected chi connectivity index (χ0v) is 13.8. The second-order valence-corrected chi connectivity index (χ2v) is 5.85. The van der Waals surface area contributed by atoms with Crippen molar-refractivity contribution in [2.75, 3.05) is 0 Å². The normalized spacial score (nSPS) is 11.2. The Morgan fingerprint density at radius 1 is 1.12 bits per heavy atom. The number of ketones is 1. The molecule has 0 bridgehead atoms. The molecule has 4 heteroatoms. The van der Waals surface area contributed by atoms with E-state index in [-0.39, 0.29) is 0 Å². The first-order chi connectivity index (χ1) is 12.1. The van der Waals surface area contributed by atoms with E-state index in [1.165, 1.54) is 17.0 Å². The highest BCUT2D eigenvalue weighted by molar-refractivity contribution is 6.04. The number of H-pyrrole nitrogens is 1. The fraction of sp³-hybridized carbons (Fsp3) is 0.0952. The van der Waals surface area contributed by atoms with Gasteiger partial charge in [-0.1, -0.05) is 55.1 Å². The van der Waals surface area contributed by atoms with Gasteiger partial charge >= 0.3 is 0 Å². The molecule has 1 heterocycles. The van der Waals surface area contributed by atoms with Gasteiger partial charge in [0.05, 0.1) is 0 Å². The number of nitrogens with one attached hydrogen (secondary N) is 2. The van der Waals surface area contributed by atoms with Crippen LogP contribution in [0.15, 0.2) is 73.1 Å². The van der Waals surface area contributed by atoms with Gasteiger partial charge in [0.1, 0.15) is 0 Å². The average molecular weight is 332 g/mol. The van der Waals surface area contributed by atoms with Crippen LogP contribution in [0, 0.1) is 0 Å². The number of para-hydroxylation sites is 1. The van der Waals surface area contributed by atoms with Crippen LogP contribution in [0.5, 0.6) is 0 Å². The zero-order chi connectivity index (χ0) is 17.6. The van der Waals surface area contributed by atoms with Gasteiger partial charge < -0.3 is 15.4 Å². The molecule has 0 spiro atoms. The van der Waals surface area contributed by atoms with E-state index in [9.17, 15) is 4.79 Å². The summed E-state index contributed by atoms with van der Waals surface area (Å²) < 4.78 is 0. The fourth-order valence-electron chi connectivity index (χ4n) is 2.63. The number of aromatic amines is 1. The summed E-state index contributed by atoms with van der Waals surface area (Å²) in [4.78, 5) is 14.6. The number of allylic oxidation sites excluding steroid dienone is 1. The summed E-state index contributed by atoms with van der Waals surface area (Å²) in [7, 11) is 0. The Kier molecular flexibility index (Phi) is 5.11. The first-order valence-electron chi connectivity index (χ1n) is 8.08. The van der Waals surface area contributed by atoms with E-state index in [4.69, 9.17) is 5.11 Å². The van der Waals surface area contributed by atoms with Crippen LogP contribution in [0.1, 0.15) is 16.7 Å². The molecular weight excluding hydrogens is 312 g/mol. The van der Waals surface area contributed by atoms with Crippen molar-refractivity contribution in [1.29, 1.82) is 0 Å². The molecule has 0 amide bonds. The molecule has 3 aromatic rings. The van der Waals surface area contributed by atoms with Gasteiger partial charge in [0.2, 0.25) is 5.78 Å². The number of hydrogen-bond donors (Lipinski definition) is 3. The number of hydrogen-bond acceptors (Lipinski definition) is 3. The first-order valence-corrected chi connectivity index (χ1v) is 8.08. The molecule has 0 aliphatic rings. The molecule has 126 valence electrons. The highest BCUT2D eigenvalue weighted by atomic mass is 16.3. The number of carbonyl (C=O) groups excluding carboxylic acids is 1. The molecule has 0 saturated heterocycles. The largest absolute Gasteiger partial charge is 0.505 e. The minimum absolute atomic E-state index is 0.450. The maximum atomic E-state index is 11.3. The van der Waals surface area contributed by atoms with E-state index in [0.717, 1.165) is 29.7 Å². The molecule has 3 rings (SSSR count). The zero-order valence-electron chi connectivity index (χ0n) is 13.8. The number of fused-ring (bicyclic) bond motifs is 1. The Morgan fingerprint density at radius 3 is 2.64 bits per heavy atom. The molecule has 3 N–H and O–H groups in total. The summed E-state index contributed by atoms with van der Waals surface area (Å²) in [5.41, 5.74) is 4.46. The standard InChI is InChI=1S/C21H20N2O2/c1-15(24)21(25)11-10-16-6-8-17(9-7-16)12-22-13-18-14-23-20-5-3-2-4-19(18)20/h2-11,14,22-24H,1,12-13H2/b11-10+. The summed E-state index contributed by atoms with van der Waals surface area (Å²) in [6.07, 6.45) is 5.01.